The molecule has 0 aliphatic rings. The van der Waals surface area contributed by atoms with Crippen LogP contribution < -0.4 is 10.3 Å². The molecule has 1 aromatic heterocycles. The average molecular weight is 260 g/mol. The molecule has 2 N–H and O–H groups in total. The maximum absolute atomic E-state index is 11.9. The third-order valence-corrected chi connectivity index (χ3v) is 2.95. The third kappa shape index (κ3) is 2.82. The minimum absolute atomic E-state index is 0.0620. The summed E-state index contributed by atoms with van der Waals surface area (Å²) >= 11 is 0. The molecule has 2 aromatic rings. The van der Waals surface area contributed by atoms with Gasteiger partial charge in [0.05, 0.1) is 7.11 Å². The van der Waals surface area contributed by atoms with E-state index in [4.69, 9.17) is 9.84 Å². The first-order chi connectivity index (χ1) is 9.15. The van der Waals surface area contributed by atoms with Crippen molar-refractivity contribution >= 4 is 0 Å². The van der Waals surface area contributed by atoms with Gasteiger partial charge in [-0.2, -0.15) is 0 Å². The van der Waals surface area contributed by atoms with Crippen molar-refractivity contribution in [1.29, 1.82) is 0 Å². The second kappa shape index (κ2) is 5.67. The Morgan fingerprint density at radius 2 is 2.00 bits per heavy atom. The van der Waals surface area contributed by atoms with Gasteiger partial charge in [0.15, 0.2) is 0 Å². The van der Waals surface area contributed by atoms with Crippen LogP contribution in [0.1, 0.15) is 11.3 Å². The van der Waals surface area contributed by atoms with E-state index in [1.165, 1.54) is 0 Å². The van der Waals surface area contributed by atoms with Crippen molar-refractivity contribution in [2.45, 2.75) is 13.3 Å². The molecule has 0 saturated carbocycles. The predicted molar refractivity (Wildman–Crippen MR) is 72.4 cm³/mol. The Morgan fingerprint density at radius 3 is 2.53 bits per heavy atom. The number of aliphatic hydroxyl groups is 1. The van der Waals surface area contributed by atoms with E-state index in [0.717, 1.165) is 11.3 Å². The minimum Gasteiger partial charge on any atom is -0.497 e. The third-order valence-electron chi connectivity index (χ3n) is 2.95. The summed E-state index contributed by atoms with van der Waals surface area (Å²) in [6.07, 6.45) is 0.317. The van der Waals surface area contributed by atoms with Gasteiger partial charge in [-0.05, 0) is 31.2 Å². The maximum atomic E-state index is 11.9. The van der Waals surface area contributed by atoms with E-state index in [1.807, 2.05) is 24.3 Å². The van der Waals surface area contributed by atoms with Crippen LogP contribution in [-0.2, 0) is 6.42 Å². The van der Waals surface area contributed by atoms with E-state index in [2.05, 4.69) is 9.97 Å². The number of hydrogen-bond acceptors (Lipinski definition) is 4. The fourth-order valence-electron chi connectivity index (χ4n) is 1.90. The summed E-state index contributed by atoms with van der Waals surface area (Å²) in [5, 5.41) is 8.92. The van der Waals surface area contributed by atoms with E-state index >= 15 is 0 Å². The standard InChI is InChI=1S/C14H16N2O3/c1-9-12(7-8-17)14(18)16-13(15-9)10-3-5-11(19-2)6-4-10/h3-6,17H,7-8H2,1-2H3,(H,15,16,18). The number of ether oxygens (including phenoxy) is 1. The van der Waals surface area contributed by atoms with Gasteiger partial charge < -0.3 is 14.8 Å². The van der Waals surface area contributed by atoms with Crippen molar-refractivity contribution < 1.29 is 9.84 Å². The van der Waals surface area contributed by atoms with Gasteiger partial charge >= 0.3 is 0 Å². The topological polar surface area (TPSA) is 75.2 Å². The van der Waals surface area contributed by atoms with Crippen LogP contribution in [0.4, 0.5) is 0 Å². The van der Waals surface area contributed by atoms with Crippen LogP contribution in [0.15, 0.2) is 29.1 Å². The zero-order valence-electron chi connectivity index (χ0n) is 10.9. The molecule has 0 aliphatic carbocycles. The quantitative estimate of drug-likeness (QED) is 0.868. The lowest BCUT2D eigenvalue weighted by Crippen LogP contribution is -2.18. The fourth-order valence-corrected chi connectivity index (χ4v) is 1.90. The summed E-state index contributed by atoms with van der Waals surface area (Å²) in [4.78, 5) is 19.0. The van der Waals surface area contributed by atoms with Gasteiger partial charge in [0.1, 0.15) is 11.6 Å². The van der Waals surface area contributed by atoms with E-state index in [9.17, 15) is 4.79 Å². The maximum Gasteiger partial charge on any atom is 0.254 e. The number of benzene rings is 1. The summed E-state index contributed by atoms with van der Waals surface area (Å²) in [6, 6.07) is 7.29. The number of aliphatic hydroxyl groups excluding tert-OH is 1. The molecule has 0 unspecified atom stereocenters. The van der Waals surface area contributed by atoms with Crippen LogP contribution in [-0.4, -0.2) is 28.8 Å². The van der Waals surface area contributed by atoms with Crippen LogP contribution in [0, 0.1) is 6.92 Å². The Labute approximate surface area is 110 Å². The van der Waals surface area contributed by atoms with Crippen molar-refractivity contribution in [3.8, 4) is 17.1 Å². The number of aromatic nitrogens is 2. The number of aryl methyl sites for hydroxylation is 1. The van der Waals surface area contributed by atoms with Crippen LogP contribution >= 0.6 is 0 Å². The van der Waals surface area contributed by atoms with Crippen LogP contribution in [0.2, 0.25) is 0 Å². The monoisotopic (exact) mass is 260 g/mol. The second-order valence-corrected chi connectivity index (χ2v) is 4.18. The first-order valence-corrected chi connectivity index (χ1v) is 6.00. The van der Waals surface area contributed by atoms with Crippen molar-refractivity contribution in [3.63, 3.8) is 0 Å². The van der Waals surface area contributed by atoms with Gasteiger partial charge in [0, 0.05) is 29.8 Å². The van der Waals surface area contributed by atoms with Crippen LogP contribution in [0.3, 0.4) is 0 Å². The number of methoxy groups -OCH3 is 1. The molecular weight excluding hydrogens is 244 g/mol. The molecule has 2 rings (SSSR count). The van der Waals surface area contributed by atoms with E-state index in [1.54, 1.807) is 14.0 Å². The highest BCUT2D eigenvalue weighted by Crippen LogP contribution is 2.18. The summed E-state index contributed by atoms with van der Waals surface area (Å²) in [5.41, 5.74) is 1.78. The lowest BCUT2D eigenvalue weighted by Gasteiger charge is -2.07. The molecule has 0 fully saturated rings. The molecule has 0 radical (unpaired) electrons. The molecule has 0 atom stereocenters. The van der Waals surface area contributed by atoms with Crippen molar-refractivity contribution in [3.05, 3.63) is 45.9 Å². The molecule has 100 valence electrons. The van der Waals surface area contributed by atoms with Gasteiger partial charge in [-0.25, -0.2) is 4.98 Å². The van der Waals surface area contributed by atoms with E-state index < -0.39 is 0 Å². The number of rotatable bonds is 4. The second-order valence-electron chi connectivity index (χ2n) is 4.18. The Morgan fingerprint density at radius 1 is 1.32 bits per heavy atom. The highest BCUT2D eigenvalue weighted by molar-refractivity contribution is 5.56. The number of hydrogen-bond donors (Lipinski definition) is 2. The van der Waals surface area contributed by atoms with Crippen molar-refractivity contribution in [1.82, 2.24) is 9.97 Å². The van der Waals surface area contributed by atoms with Gasteiger partial charge in [-0.1, -0.05) is 0 Å². The lowest BCUT2D eigenvalue weighted by atomic mass is 10.1. The molecule has 1 heterocycles. The van der Waals surface area contributed by atoms with Gasteiger partial charge in [0.25, 0.3) is 5.56 Å². The number of nitrogens with zero attached hydrogens (tertiary/aromatic N) is 1. The molecule has 0 aliphatic heterocycles. The number of aromatic amines is 1. The zero-order chi connectivity index (χ0) is 13.8. The number of nitrogens with one attached hydrogen (secondary N) is 1. The SMILES string of the molecule is COc1ccc(-c2nc(C)c(CCO)c(=O)[nH]2)cc1. The molecule has 19 heavy (non-hydrogen) atoms. The Balaban J connectivity index is 2.42. The summed E-state index contributed by atoms with van der Waals surface area (Å²) < 4.78 is 5.08. The Bertz CT molecular complexity index is 618. The lowest BCUT2D eigenvalue weighted by molar-refractivity contribution is 0.298. The molecule has 5 nitrogen and oxygen atoms in total. The Kier molecular flexibility index (Phi) is 3.97. The van der Waals surface area contributed by atoms with E-state index in [0.29, 0.717) is 23.5 Å². The van der Waals surface area contributed by atoms with Gasteiger partial charge in [-0.3, -0.25) is 4.79 Å². The molecule has 5 heteroatoms. The number of H-pyrrole nitrogens is 1. The Hall–Kier alpha value is -2.14. The zero-order valence-corrected chi connectivity index (χ0v) is 10.9. The van der Waals surface area contributed by atoms with Gasteiger partial charge in [0.2, 0.25) is 0 Å². The molecule has 0 bridgehead atoms. The molecule has 0 saturated heterocycles. The van der Waals surface area contributed by atoms with Crippen LogP contribution in [0.5, 0.6) is 5.75 Å². The highest BCUT2D eigenvalue weighted by atomic mass is 16.5. The largest absolute Gasteiger partial charge is 0.497 e. The molecule has 0 spiro atoms. The predicted octanol–water partition coefficient (Wildman–Crippen LogP) is 1.29. The molecular formula is C14H16N2O3. The molecule has 0 amide bonds. The van der Waals surface area contributed by atoms with E-state index in [-0.39, 0.29) is 12.2 Å². The fraction of sp³-hybridized carbons (Fsp3) is 0.286. The summed E-state index contributed by atoms with van der Waals surface area (Å²) in [5.74, 6) is 1.27. The minimum atomic E-state index is -0.202. The van der Waals surface area contributed by atoms with Crippen molar-refractivity contribution in [2.75, 3.05) is 13.7 Å². The van der Waals surface area contributed by atoms with Crippen molar-refractivity contribution in [2.24, 2.45) is 0 Å². The first-order valence-electron chi connectivity index (χ1n) is 6.00. The normalized spacial score (nSPS) is 10.5. The summed E-state index contributed by atoms with van der Waals surface area (Å²) in [6.45, 7) is 1.71. The highest BCUT2D eigenvalue weighted by Gasteiger charge is 2.09. The van der Waals surface area contributed by atoms with Gasteiger partial charge in [-0.15, -0.1) is 0 Å². The smallest absolute Gasteiger partial charge is 0.254 e. The summed E-state index contributed by atoms with van der Waals surface area (Å²) in [7, 11) is 1.60. The average Bonchev–Trinajstić information content (AvgIpc) is 2.43. The van der Waals surface area contributed by atoms with Crippen LogP contribution in [0.25, 0.3) is 11.4 Å². The molecule has 1 aromatic carbocycles. The first kappa shape index (κ1) is 13.3.